The maximum absolute atomic E-state index is 13.7. The first-order valence-electron chi connectivity index (χ1n) is 14.5. The van der Waals surface area contributed by atoms with Gasteiger partial charge in [-0.05, 0) is 74.0 Å². The zero-order valence-electron chi connectivity index (χ0n) is 22.4. The molecule has 7 unspecified atom stereocenters. The van der Waals surface area contributed by atoms with Gasteiger partial charge in [-0.3, -0.25) is 9.59 Å². The van der Waals surface area contributed by atoms with Crippen molar-refractivity contribution < 1.29 is 44.6 Å². The van der Waals surface area contributed by atoms with Gasteiger partial charge in [-0.2, -0.15) is 0 Å². The summed E-state index contributed by atoms with van der Waals surface area (Å²) < 4.78 is 11.2. The molecule has 1 heterocycles. The van der Waals surface area contributed by atoms with Crippen LogP contribution < -0.4 is 4.74 Å². The van der Waals surface area contributed by atoms with Gasteiger partial charge in [-0.25, -0.2) is 0 Å². The van der Waals surface area contributed by atoms with Gasteiger partial charge < -0.3 is 35.0 Å². The fraction of sp³-hybridized carbons (Fsp3) is 0.613. The third-order valence-electron chi connectivity index (χ3n) is 9.97. The molecule has 40 heavy (non-hydrogen) atoms. The highest BCUT2D eigenvalue weighted by Crippen LogP contribution is 2.51. The van der Waals surface area contributed by atoms with E-state index < -0.39 is 54.9 Å². The molecule has 1 saturated heterocycles. The van der Waals surface area contributed by atoms with E-state index >= 15 is 0 Å². The average molecular weight is 555 g/mol. The molecule has 1 aromatic rings. The van der Waals surface area contributed by atoms with E-state index in [4.69, 9.17) is 9.47 Å². The fourth-order valence-corrected chi connectivity index (χ4v) is 7.66. The van der Waals surface area contributed by atoms with Crippen LogP contribution in [0.1, 0.15) is 78.5 Å². The number of carbonyl (C=O) groups excluding carboxylic acids is 2. The number of benzene rings is 1. The number of Topliss-reactive ketones (excluding diaryl/α,β-unsaturated/α-hetero) is 2. The Morgan fingerprint density at radius 3 is 2.38 bits per heavy atom. The van der Waals surface area contributed by atoms with E-state index in [-0.39, 0.29) is 28.4 Å². The summed E-state index contributed by atoms with van der Waals surface area (Å²) in [6, 6.07) is 4.53. The lowest BCUT2D eigenvalue weighted by molar-refractivity contribution is -0.277. The van der Waals surface area contributed by atoms with E-state index in [1.54, 1.807) is 12.1 Å². The van der Waals surface area contributed by atoms with E-state index in [9.17, 15) is 35.1 Å². The van der Waals surface area contributed by atoms with E-state index in [2.05, 4.69) is 0 Å². The molecule has 9 nitrogen and oxygen atoms in total. The van der Waals surface area contributed by atoms with Crippen molar-refractivity contribution in [3.05, 3.63) is 52.8 Å². The molecule has 0 aromatic heterocycles. The number of allylic oxidation sites excluding steroid dienone is 4. The van der Waals surface area contributed by atoms with Crippen molar-refractivity contribution in [2.45, 2.75) is 88.5 Å². The first-order chi connectivity index (χ1) is 19.2. The van der Waals surface area contributed by atoms with Crippen molar-refractivity contribution in [1.29, 1.82) is 0 Å². The Hall–Kier alpha value is -2.56. The van der Waals surface area contributed by atoms with Crippen LogP contribution in [0.2, 0.25) is 0 Å². The van der Waals surface area contributed by atoms with E-state index in [0.29, 0.717) is 11.3 Å². The Bertz CT molecular complexity index is 1220. The van der Waals surface area contributed by atoms with Crippen molar-refractivity contribution in [1.82, 2.24) is 0 Å². The van der Waals surface area contributed by atoms with Crippen molar-refractivity contribution >= 4 is 11.6 Å². The lowest BCUT2D eigenvalue weighted by Crippen LogP contribution is -2.60. The zero-order chi connectivity index (χ0) is 28.2. The zero-order valence-corrected chi connectivity index (χ0v) is 22.4. The topological polar surface area (TPSA) is 154 Å². The van der Waals surface area contributed by atoms with Gasteiger partial charge in [0.25, 0.3) is 0 Å². The standard InChI is InChI=1S/C31H38O9/c32-15-22-26(35)28(37)29(38)30(40-22)39-21-5-3-4-18-24(21)27(36)23-19(25(18)34)13-17(14-20(23)33)12-16-6-10-31(11-7-16)8-1-2-9-31/h3-5,13-14,16,19,22-23,26,28-30,32-33,35,37-38H,1-2,6-12,15H2. The maximum Gasteiger partial charge on any atom is 0.229 e. The minimum Gasteiger partial charge on any atom is -0.511 e. The molecule has 5 aliphatic rings. The SMILES string of the molecule is O=C1c2cccc(OC3OC(CO)C(O)C(O)C3O)c2C(=O)C2C(O)=CC(CC3CCC4(CCCC4)CC3)=CC12. The number of ketones is 2. The first-order valence-corrected chi connectivity index (χ1v) is 14.5. The van der Waals surface area contributed by atoms with Gasteiger partial charge in [0.2, 0.25) is 6.29 Å². The monoisotopic (exact) mass is 554 g/mol. The minimum absolute atomic E-state index is 0.0309. The van der Waals surface area contributed by atoms with Crippen LogP contribution in [0.5, 0.6) is 5.75 Å². The highest BCUT2D eigenvalue weighted by molar-refractivity contribution is 6.19. The molecule has 0 amide bonds. The van der Waals surface area contributed by atoms with Gasteiger partial charge in [-0.1, -0.05) is 31.1 Å². The summed E-state index contributed by atoms with van der Waals surface area (Å²) in [7, 11) is 0. The number of carbonyl (C=O) groups is 2. The highest BCUT2D eigenvalue weighted by Gasteiger charge is 2.48. The second-order valence-electron chi connectivity index (χ2n) is 12.4. The van der Waals surface area contributed by atoms with Gasteiger partial charge in [0.1, 0.15) is 35.9 Å². The lowest BCUT2D eigenvalue weighted by Gasteiger charge is -2.40. The number of rotatable bonds is 5. The summed E-state index contributed by atoms with van der Waals surface area (Å²) in [5, 5.41) is 51.1. The van der Waals surface area contributed by atoms with Crippen molar-refractivity contribution in [2.75, 3.05) is 6.61 Å². The molecule has 1 aromatic carbocycles. The molecule has 9 heteroatoms. The summed E-state index contributed by atoms with van der Waals surface area (Å²) in [5.74, 6) is -2.36. The number of aliphatic hydroxyl groups is 5. The Kier molecular flexibility index (Phi) is 7.37. The number of hydrogen-bond acceptors (Lipinski definition) is 9. The summed E-state index contributed by atoms with van der Waals surface area (Å²) in [4.78, 5) is 27.4. The summed E-state index contributed by atoms with van der Waals surface area (Å²) in [6.45, 7) is -0.631. The van der Waals surface area contributed by atoms with Crippen LogP contribution in [-0.2, 0) is 4.74 Å². The Labute approximate surface area is 233 Å². The van der Waals surface area contributed by atoms with E-state index in [1.807, 2.05) is 6.08 Å². The molecule has 5 N–H and O–H groups in total. The highest BCUT2D eigenvalue weighted by atomic mass is 16.7. The van der Waals surface area contributed by atoms with Crippen LogP contribution in [0.4, 0.5) is 0 Å². The Balaban J connectivity index is 1.22. The first kappa shape index (κ1) is 27.6. The fourth-order valence-electron chi connectivity index (χ4n) is 7.66. The average Bonchev–Trinajstić information content (AvgIpc) is 3.41. The van der Waals surface area contributed by atoms with E-state index in [0.717, 1.165) is 24.8 Å². The number of aliphatic hydroxyl groups excluding tert-OH is 5. The quantitative estimate of drug-likeness (QED) is 0.370. The van der Waals surface area contributed by atoms with Crippen molar-refractivity contribution in [2.24, 2.45) is 23.2 Å². The van der Waals surface area contributed by atoms with Crippen LogP contribution in [0, 0.1) is 23.2 Å². The predicted molar refractivity (Wildman–Crippen MR) is 143 cm³/mol. The van der Waals surface area contributed by atoms with Crippen LogP contribution in [0.15, 0.2) is 41.7 Å². The van der Waals surface area contributed by atoms with Crippen LogP contribution >= 0.6 is 0 Å². The van der Waals surface area contributed by atoms with Gasteiger partial charge in [0.05, 0.1) is 24.0 Å². The lowest BCUT2D eigenvalue weighted by atomic mass is 9.67. The number of fused-ring (bicyclic) bond motifs is 2. The number of hydrogen-bond donors (Lipinski definition) is 5. The second kappa shape index (κ2) is 10.7. The van der Waals surface area contributed by atoms with Crippen molar-refractivity contribution in [3.8, 4) is 5.75 Å². The van der Waals surface area contributed by atoms with Gasteiger partial charge in [0, 0.05) is 5.56 Å². The molecule has 7 atom stereocenters. The van der Waals surface area contributed by atoms with Crippen LogP contribution in [0.3, 0.4) is 0 Å². The molecule has 1 spiro atoms. The molecule has 6 rings (SSSR count). The van der Waals surface area contributed by atoms with E-state index in [1.165, 1.54) is 50.7 Å². The maximum atomic E-state index is 13.7. The van der Waals surface area contributed by atoms with Gasteiger partial charge >= 0.3 is 0 Å². The molecular formula is C31H38O9. The Morgan fingerprint density at radius 1 is 0.950 bits per heavy atom. The molecule has 1 aliphatic heterocycles. The van der Waals surface area contributed by atoms with Crippen LogP contribution in [-0.4, -0.2) is 74.4 Å². The summed E-state index contributed by atoms with van der Waals surface area (Å²) in [6.07, 6.45) is 6.81. The molecule has 4 aliphatic carbocycles. The third-order valence-corrected chi connectivity index (χ3v) is 9.97. The predicted octanol–water partition coefficient (Wildman–Crippen LogP) is 3.00. The van der Waals surface area contributed by atoms with Gasteiger partial charge in [0.15, 0.2) is 11.6 Å². The van der Waals surface area contributed by atoms with Crippen LogP contribution in [0.25, 0.3) is 0 Å². The van der Waals surface area contributed by atoms with Crippen molar-refractivity contribution in [3.63, 3.8) is 0 Å². The smallest absolute Gasteiger partial charge is 0.229 e. The molecular weight excluding hydrogens is 516 g/mol. The molecule has 2 saturated carbocycles. The third kappa shape index (κ3) is 4.71. The molecule has 3 fully saturated rings. The summed E-state index contributed by atoms with van der Waals surface area (Å²) >= 11 is 0. The second-order valence-corrected chi connectivity index (χ2v) is 12.4. The normalized spacial score (nSPS) is 35.6. The Morgan fingerprint density at radius 2 is 1.68 bits per heavy atom. The molecule has 216 valence electrons. The minimum atomic E-state index is -1.67. The van der Waals surface area contributed by atoms with Gasteiger partial charge in [-0.15, -0.1) is 0 Å². The number of ether oxygens (including phenoxy) is 2. The molecule has 0 radical (unpaired) electrons. The summed E-state index contributed by atoms with van der Waals surface area (Å²) in [5.41, 5.74) is 1.55. The largest absolute Gasteiger partial charge is 0.511 e. The molecule has 0 bridgehead atoms.